The molecule has 2 heterocycles. The summed E-state index contributed by atoms with van der Waals surface area (Å²) in [6.45, 7) is 3.93. The van der Waals surface area contributed by atoms with Crippen LogP contribution in [0.4, 0.5) is 0 Å². The molecule has 3 rings (SSSR count). The lowest BCUT2D eigenvalue weighted by atomic mass is 9.95. The lowest BCUT2D eigenvalue weighted by molar-refractivity contribution is -0.139. The van der Waals surface area contributed by atoms with Crippen molar-refractivity contribution in [3.63, 3.8) is 0 Å². The zero-order chi connectivity index (χ0) is 23.8. The van der Waals surface area contributed by atoms with Gasteiger partial charge in [-0.1, -0.05) is 31.9 Å². The highest BCUT2D eigenvalue weighted by atomic mass is 16.5. The van der Waals surface area contributed by atoms with Crippen LogP contribution in [0.1, 0.15) is 49.8 Å². The van der Waals surface area contributed by atoms with Crippen molar-refractivity contribution in [3.8, 4) is 5.75 Å². The largest absolute Gasteiger partial charge is 0.507 e. The van der Waals surface area contributed by atoms with E-state index in [1.165, 1.54) is 0 Å². The fourth-order valence-corrected chi connectivity index (χ4v) is 4.00. The number of hydrogen-bond donors (Lipinski definition) is 1. The lowest BCUT2D eigenvalue weighted by Crippen LogP contribution is -2.32. The first kappa shape index (κ1) is 24.5. The number of benzene rings is 1. The second kappa shape index (κ2) is 11.6. The van der Waals surface area contributed by atoms with Crippen molar-refractivity contribution in [3.05, 3.63) is 65.5 Å². The third kappa shape index (κ3) is 5.99. The minimum atomic E-state index is -0.681. The van der Waals surface area contributed by atoms with Crippen LogP contribution < -0.4 is 4.74 Å². The third-order valence-electron chi connectivity index (χ3n) is 5.69. The molecule has 1 fully saturated rings. The van der Waals surface area contributed by atoms with Gasteiger partial charge in [0.05, 0.1) is 18.2 Å². The topological polar surface area (TPSA) is 83.0 Å². The molecule has 1 saturated heterocycles. The van der Waals surface area contributed by atoms with Gasteiger partial charge in [-0.25, -0.2) is 0 Å². The minimum Gasteiger partial charge on any atom is -0.507 e. The van der Waals surface area contributed by atoms with E-state index < -0.39 is 17.7 Å². The van der Waals surface area contributed by atoms with Crippen LogP contribution in [0.2, 0.25) is 0 Å². The molecule has 1 unspecified atom stereocenters. The summed E-state index contributed by atoms with van der Waals surface area (Å²) in [5, 5.41) is 11.1. The molecule has 0 radical (unpaired) electrons. The quantitative estimate of drug-likeness (QED) is 0.240. The molecule has 1 N–H and O–H groups in total. The van der Waals surface area contributed by atoms with Gasteiger partial charge in [-0.05, 0) is 63.3 Å². The third-order valence-corrected chi connectivity index (χ3v) is 5.69. The Labute approximate surface area is 195 Å². The monoisotopic (exact) mass is 451 g/mol. The standard InChI is InChI=1S/C26H33N3O4/c1-4-5-6-17-33-21-10-7-9-20(18-21)23-22(24(30)19-11-13-27-14-12-19)25(31)26(32)29(23)16-8-15-28(2)3/h7,9-14,18,23,30H,4-6,8,15-17H2,1-3H3. The average molecular weight is 452 g/mol. The molecular formula is C26H33N3O4. The Balaban J connectivity index is 1.99. The number of aliphatic hydroxyl groups excluding tert-OH is 1. The van der Waals surface area contributed by atoms with Crippen molar-refractivity contribution in [2.75, 3.05) is 33.8 Å². The molecule has 1 aromatic carbocycles. The average Bonchev–Trinajstić information content (AvgIpc) is 3.07. The van der Waals surface area contributed by atoms with Crippen molar-refractivity contribution in [1.29, 1.82) is 0 Å². The second-order valence-corrected chi connectivity index (χ2v) is 8.51. The Morgan fingerprint density at radius 3 is 2.58 bits per heavy atom. The highest BCUT2D eigenvalue weighted by Gasteiger charge is 2.45. The molecule has 0 aliphatic carbocycles. The lowest BCUT2D eigenvalue weighted by Gasteiger charge is -2.26. The van der Waals surface area contributed by atoms with Crippen LogP contribution >= 0.6 is 0 Å². The molecular weight excluding hydrogens is 418 g/mol. The number of rotatable bonds is 11. The van der Waals surface area contributed by atoms with Crippen LogP contribution in [0.15, 0.2) is 54.4 Å². The summed E-state index contributed by atoms with van der Waals surface area (Å²) in [5.41, 5.74) is 1.29. The normalized spacial score (nSPS) is 17.7. The molecule has 7 heteroatoms. The molecule has 0 spiro atoms. The molecule has 2 aromatic rings. The summed E-state index contributed by atoms with van der Waals surface area (Å²) in [4.78, 5) is 33.7. The minimum absolute atomic E-state index is 0.0965. The first-order chi connectivity index (χ1) is 15.9. The van der Waals surface area contributed by atoms with Crippen molar-refractivity contribution in [1.82, 2.24) is 14.8 Å². The number of nitrogens with zero attached hydrogens (tertiary/aromatic N) is 3. The number of amides is 1. The van der Waals surface area contributed by atoms with Crippen molar-refractivity contribution in [2.45, 2.75) is 38.6 Å². The summed E-state index contributed by atoms with van der Waals surface area (Å²) in [6.07, 6.45) is 6.96. The van der Waals surface area contributed by atoms with E-state index in [0.717, 1.165) is 31.4 Å². The zero-order valence-electron chi connectivity index (χ0n) is 19.7. The summed E-state index contributed by atoms with van der Waals surface area (Å²) >= 11 is 0. The smallest absolute Gasteiger partial charge is 0.295 e. The van der Waals surface area contributed by atoms with Crippen molar-refractivity contribution < 1.29 is 19.4 Å². The van der Waals surface area contributed by atoms with Gasteiger partial charge in [-0.3, -0.25) is 14.6 Å². The van der Waals surface area contributed by atoms with Gasteiger partial charge in [0.1, 0.15) is 11.5 Å². The number of carbonyl (C=O) groups is 2. The van der Waals surface area contributed by atoms with Crippen molar-refractivity contribution >= 4 is 17.4 Å². The number of ether oxygens (including phenoxy) is 1. The number of unbranched alkanes of at least 4 members (excludes halogenated alkanes) is 2. The Morgan fingerprint density at radius 1 is 1.12 bits per heavy atom. The molecule has 1 atom stereocenters. The fraction of sp³-hybridized carbons (Fsp3) is 0.423. The van der Waals surface area contributed by atoms with E-state index >= 15 is 0 Å². The fourth-order valence-electron chi connectivity index (χ4n) is 4.00. The Kier molecular flexibility index (Phi) is 8.60. The maximum Gasteiger partial charge on any atom is 0.295 e. The first-order valence-electron chi connectivity index (χ1n) is 11.5. The van der Waals surface area contributed by atoms with Gasteiger partial charge in [-0.2, -0.15) is 0 Å². The van der Waals surface area contributed by atoms with Crippen LogP contribution in [0.25, 0.3) is 5.76 Å². The van der Waals surface area contributed by atoms with Gasteiger partial charge < -0.3 is 19.6 Å². The predicted octanol–water partition coefficient (Wildman–Crippen LogP) is 4.02. The molecule has 0 bridgehead atoms. The van der Waals surface area contributed by atoms with Crippen LogP contribution in [-0.4, -0.2) is 65.4 Å². The Bertz CT molecular complexity index is 988. The summed E-state index contributed by atoms with van der Waals surface area (Å²) in [6, 6.07) is 10.0. The number of carbonyl (C=O) groups excluding carboxylic acids is 2. The van der Waals surface area contributed by atoms with Crippen LogP contribution in [0.5, 0.6) is 5.75 Å². The Hall–Kier alpha value is -3.19. The SMILES string of the molecule is CCCCCOc1cccc(C2C(=C(O)c3ccncc3)C(=O)C(=O)N2CCCN(C)C)c1. The predicted molar refractivity (Wildman–Crippen MR) is 128 cm³/mol. The van der Waals surface area contributed by atoms with Crippen LogP contribution in [0, 0.1) is 0 Å². The van der Waals surface area contributed by atoms with E-state index in [1.54, 1.807) is 29.4 Å². The van der Waals surface area contributed by atoms with Crippen LogP contribution in [-0.2, 0) is 9.59 Å². The van der Waals surface area contributed by atoms with E-state index in [2.05, 4.69) is 11.9 Å². The first-order valence-corrected chi connectivity index (χ1v) is 11.5. The highest BCUT2D eigenvalue weighted by Crippen LogP contribution is 2.40. The maximum absolute atomic E-state index is 13.1. The molecule has 1 aromatic heterocycles. The van der Waals surface area contributed by atoms with E-state index in [0.29, 0.717) is 30.9 Å². The van der Waals surface area contributed by atoms with Crippen molar-refractivity contribution in [2.24, 2.45) is 0 Å². The molecule has 1 aliphatic heterocycles. The second-order valence-electron chi connectivity index (χ2n) is 8.51. The van der Waals surface area contributed by atoms with Crippen LogP contribution in [0.3, 0.4) is 0 Å². The number of Topliss-reactive ketones (excluding diaryl/α,β-unsaturated/α-hetero) is 1. The van der Waals surface area contributed by atoms with Gasteiger partial charge in [0, 0.05) is 24.5 Å². The van der Waals surface area contributed by atoms with E-state index in [-0.39, 0.29) is 11.3 Å². The number of pyridine rings is 1. The van der Waals surface area contributed by atoms with Gasteiger partial charge in [0.15, 0.2) is 0 Å². The molecule has 1 amide bonds. The highest BCUT2D eigenvalue weighted by molar-refractivity contribution is 6.46. The number of likely N-dealkylation sites (tertiary alicyclic amines) is 1. The number of ketones is 1. The molecule has 0 saturated carbocycles. The number of aliphatic hydroxyl groups is 1. The molecule has 33 heavy (non-hydrogen) atoms. The molecule has 176 valence electrons. The summed E-state index contributed by atoms with van der Waals surface area (Å²) < 4.78 is 5.91. The number of hydrogen-bond acceptors (Lipinski definition) is 6. The van der Waals surface area contributed by atoms with E-state index in [4.69, 9.17) is 4.74 Å². The Morgan fingerprint density at radius 2 is 1.88 bits per heavy atom. The van der Waals surface area contributed by atoms with Gasteiger partial charge in [-0.15, -0.1) is 0 Å². The van der Waals surface area contributed by atoms with E-state index in [9.17, 15) is 14.7 Å². The van der Waals surface area contributed by atoms with Gasteiger partial charge in [0.25, 0.3) is 11.7 Å². The van der Waals surface area contributed by atoms with Gasteiger partial charge >= 0.3 is 0 Å². The molecule has 1 aliphatic rings. The van der Waals surface area contributed by atoms with Gasteiger partial charge in [0.2, 0.25) is 0 Å². The summed E-state index contributed by atoms with van der Waals surface area (Å²) in [5.74, 6) is -0.770. The van der Waals surface area contributed by atoms with E-state index in [1.807, 2.05) is 43.3 Å². The summed E-state index contributed by atoms with van der Waals surface area (Å²) in [7, 11) is 3.93. The molecule has 7 nitrogen and oxygen atoms in total. The number of aromatic nitrogens is 1. The zero-order valence-corrected chi connectivity index (χ0v) is 19.7. The maximum atomic E-state index is 13.1.